The second-order valence-electron chi connectivity index (χ2n) is 6.34. The van der Waals surface area contributed by atoms with E-state index >= 15 is 0 Å². The Hall–Kier alpha value is -1.49. The predicted molar refractivity (Wildman–Crippen MR) is 91.1 cm³/mol. The SMILES string of the molecule is Cc1ccnn1[C@@H](C)C(=O)N1CCN(S(=O)(=O)N2CCOCC2)CC1. The molecule has 2 aliphatic rings. The van der Waals surface area contributed by atoms with Gasteiger partial charge < -0.3 is 9.64 Å². The van der Waals surface area contributed by atoms with Crippen LogP contribution >= 0.6 is 0 Å². The molecule has 1 aromatic rings. The normalized spacial score (nSPS) is 22.1. The molecule has 0 bridgehead atoms. The second-order valence-corrected chi connectivity index (χ2v) is 8.27. The van der Waals surface area contributed by atoms with Crippen molar-refractivity contribution >= 4 is 16.1 Å². The summed E-state index contributed by atoms with van der Waals surface area (Å²) in [5.74, 6) is -0.0322. The number of piperazine rings is 1. The Morgan fingerprint density at radius 1 is 1.12 bits per heavy atom. The fourth-order valence-corrected chi connectivity index (χ4v) is 4.80. The van der Waals surface area contributed by atoms with E-state index in [-0.39, 0.29) is 5.91 Å². The maximum absolute atomic E-state index is 12.7. The Morgan fingerprint density at radius 2 is 1.72 bits per heavy atom. The van der Waals surface area contributed by atoms with E-state index < -0.39 is 16.3 Å². The molecule has 2 aliphatic heterocycles. The van der Waals surface area contributed by atoms with Gasteiger partial charge in [-0.15, -0.1) is 0 Å². The monoisotopic (exact) mass is 371 g/mol. The van der Waals surface area contributed by atoms with Gasteiger partial charge in [-0.25, -0.2) is 0 Å². The van der Waals surface area contributed by atoms with Crippen LogP contribution < -0.4 is 0 Å². The molecule has 0 saturated carbocycles. The molecule has 2 saturated heterocycles. The summed E-state index contributed by atoms with van der Waals surface area (Å²) in [6.07, 6.45) is 1.67. The molecule has 10 heteroatoms. The van der Waals surface area contributed by atoms with Crippen LogP contribution in [0.25, 0.3) is 0 Å². The molecule has 140 valence electrons. The first-order valence-corrected chi connectivity index (χ1v) is 9.93. The van der Waals surface area contributed by atoms with Crippen LogP contribution in [-0.2, 0) is 19.7 Å². The quantitative estimate of drug-likeness (QED) is 0.710. The summed E-state index contributed by atoms with van der Waals surface area (Å²) in [5.41, 5.74) is 0.925. The summed E-state index contributed by atoms with van der Waals surface area (Å²) in [6, 6.07) is 1.47. The Labute approximate surface area is 148 Å². The molecule has 0 N–H and O–H groups in total. The van der Waals surface area contributed by atoms with Crippen molar-refractivity contribution in [2.75, 3.05) is 52.5 Å². The number of nitrogens with zero attached hydrogens (tertiary/aromatic N) is 5. The lowest BCUT2D eigenvalue weighted by atomic mass is 10.2. The van der Waals surface area contributed by atoms with Gasteiger partial charge in [0.1, 0.15) is 6.04 Å². The van der Waals surface area contributed by atoms with Crippen LogP contribution in [0.1, 0.15) is 18.7 Å². The standard InChI is InChI=1S/C15H25N5O4S/c1-13-3-4-16-20(13)14(2)15(21)17-5-7-18(8-6-17)25(22,23)19-9-11-24-12-10-19/h3-4,14H,5-12H2,1-2H3/t14-/m0/s1. The van der Waals surface area contributed by atoms with Gasteiger partial charge in [-0.2, -0.15) is 22.1 Å². The van der Waals surface area contributed by atoms with E-state index in [2.05, 4.69) is 5.10 Å². The van der Waals surface area contributed by atoms with E-state index in [4.69, 9.17) is 4.74 Å². The van der Waals surface area contributed by atoms with Gasteiger partial charge in [0.05, 0.1) is 13.2 Å². The van der Waals surface area contributed by atoms with Gasteiger partial charge in [0.25, 0.3) is 10.2 Å². The highest BCUT2D eigenvalue weighted by molar-refractivity contribution is 7.86. The first-order chi connectivity index (χ1) is 11.9. The summed E-state index contributed by atoms with van der Waals surface area (Å²) in [7, 11) is -3.47. The molecule has 0 unspecified atom stereocenters. The highest BCUT2D eigenvalue weighted by Gasteiger charge is 2.35. The number of aryl methyl sites for hydroxylation is 1. The van der Waals surface area contributed by atoms with E-state index in [0.29, 0.717) is 52.5 Å². The van der Waals surface area contributed by atoms with Gasteiger partial charge >= 0.3 is 0 Å². The second kappa shape index (κ2) is 7.40. The lowest BCUT2D eigenvalue weighted by Gasteiger charge is -2.38. The van der Waals surface area contributed by atoms with Gasteiger partial charge in [0.2, 0.25) is 5.91 Å². The van der Waals surface area contributed by atoms with Crippen molar-refractivity contribution in [2.24, 2.45) is 0 Å². The maximum atomic E-state index is 12.7. The van der Waals surface area contributed by atoms with Gasteiger partial charge in [-0.3, -0.25) is 9.48 Å². The van der Waals surface area contributed by atoms with Crippen LogP contribution in [0.2, 0.25) is 0 Å². The summed E-state index contributed by atoms with van der Waals surface area (Å²) in [5, 5.41) is 4.19. The van der Waals surface area contributed by atoms with Crippen molar-refractivity contribution in [3.8, 4) is 0 Å². The van der Waals surface area contributed by atoms with E-state index in [1.165, 1.54) is 8.61 Å². The van der Waals surface area contributed by atoms with Gasteiger partial charge in [0.15, 0.2) is 0 Å². The number of amides is 1. The minimum Gasteiger partial charge on any atom is -0.379 e. The summed E-state index contributed by atoms with van der Waals surface area (Å²) in [4.78, 5) is 14.4. The van der Waals surface area contributed by atoms with Gasteiger partial charge in [-0.05, 0) is 19.9 Å². The Bertz CT molecular complexity index is 705. The first-order valence-electron chi connectivity index (χ1n) is 8.53. The van der Waals surface area contributed by atoms with E-state index in [1.54, 1.807) is 15.8 Å². The molecular weight excluding hydrogens is 346 g/mol. The van der Waals surface area contributed by atoms with Crippen molar-refractivity contribution in [3.63, 3.8) is 0 Å². The van der Waals surface area contributed by atoms with Crippen molar-refractivity contribution in [3.05, 3.63) is 18.0 Å². The molecule has 0 aromatic carbocycles. The number of hydrogen-bond donors (Lipinski definition) is 0. The smallest absolute Gasteiger partial charge is 0.282 e. The largest absolute Gasteiger partial charge is 0.379 e. The van der Waals surface area contributed by atoms with Crippen molar-refractivity contribution in [1.82, 2.24) is 23.3 Å². The van der Waals surface area contributed by atoms with Gasteiger partial charge in [0, 0.05) is 51.2 Å². The Balaban J connectivity index is 1.59. The number of rotatable bonds is 4. The number of morpholine rings is 1. The Morgan fingerprint density at radius 3 is 2.28 bits per heavy atom. The lowest BCUT2D eigenvalue weighted by molar-refractivity contribution is -0.135. The van der Waals surface area contributed by atoms with Crippen LogP contribution in [0.15, 0.2) is 12.3 Å². The van der Waals surface area contributed by atoms with E-state index in [0.717, 1.165) is 5.69 Å². The molecule has 0 spiro atoms. The highest BCUT2D eigenvalue weighted by atomic mass is 32.2. The molecule has 1 atom stereocenters. The van der Waals surface area contributed by atoms with Crippen LogP contribution in [0.3, 0.4) is 0 Å². The van der Waals surface area contributed by atoms with Crippen molar-refractivity contribution in [1.29, 1.82) is 0 Å². The molecule has 0 aliphatic carbocycles. The maximum Gasteiger partial charge on any atom is 0.282 e. The molecule has 3 heterocycles. The van der Waals surface area contributed by atoms with Crippen LogP contribution in [0, 0.1) is 6.92 Å². The third kappa shape index (κ3) is 3.71. The fraction of sp³-hybridized carbons (Fsp3) is 0.733. The van der Waals surface area contributed by atoms with E-state index in [9.17, 15) is 13.2 Å². The van der Waals surface area contributed by atoms with Crippen LogP contribution in [0.4, 0.5) is 0 Å². The zero-order valence-electron chi connectivity index (χ0n) is 14.7. The molecule has 1 aromatic heterocycles. The molecule has 9 nitrogen and oxygen atoms in total. The molecular formula is C15H25N5O4S. The first kappa shape index (κ1) is 18.3. The minimum atomic E-state index is -3.47. The molecule has 1 amide bonds. The van der Waals surface area contributed by atoms with Gasteiger partial charge in [-0.1, -0.05) is 0 Å². The van der Waals surface area contributed by atoms with Crippen molar-refractivity contribution in [2.45, 2.75) is 19.9 Å². The van der Waals surface area contributed by atoms with Crippen molar-refractivity contribution < 1.29 is 17.9 Å². The molecule has 3 rings (SSSR count). The average Bonchev–Trinajstić information content (AvgIpc) is 3.07. The summed E-state index contributed by atoms with van der Waals surface area (Å²) in [6.45, 7) is 6.78. The predicted octanol–water partition coefficient (Wildman–Crippen LogP) is -0.526. The van der Waals surface area contributed by atoms with E-state index in [1.807, 2.05) is 19.9 Å². The third-order valence-corrected chi connectivity index (χ3v) is 6.80. The lowest BCUT2D eigenvalue weighted by Crippen LogP contribution is -2.56. The van der Waals surface area contributed by atoms with Crippen LogP contribution in [0.5, 0.6) is 0 Å². The summed E-state index contributed by atoms with van der Waals surface area (Å²) >= 11 is 0. The topological polar surface area (TPSA) is 88.0 Å². The van der Waals surface area contributed by atoms with Crippen LogP contribution in [-0.4, -0.2) is 90.1 Å². The summed E-state index contributed by atoms with van der Waals surface area (Å²) < 4.78 is 35.2. The number of aromatic nitrogens is 2. The Kier molecular flexibility index (Phi) is 5.42. The fourth-order valence-electron chi connectivity index (χ4n) is 3.23. The number of ether oxygens (including phenoxy) is 1. The molecule has 0 radical (unpaired) electrons. The number of carbonyl (C=O) groups is 1. The number of carbonyl (C=O) groups excluding carboxylic acids is 1. The zero-order valence-corrected chi connectivity index (χ0v) is 15.5. The minimum absolute atomic E-state index is 0.0322. The molecule has 25 heavy (non-hydrogen) atoms. The molecule has 2 fully saturated rings. The zero-order chi connectivity index (χ0) is 18.0. The third-order valence-electron chi connectivity index (χ3n) is 4.77. The highest BCUT2D eigenvalue weighted by Crippen LogP contribution is 2.17. The number of hydrogen-bond acceptors (Lipinski definition) is 5. The average molecular weight is 371 g/mol.